The van der Waals surface area contributed by atoms with Gasteiger partial charge in [-0.2, -0.15) is 0 Å². The first-order valence-electron chi connectivity index (χ1n) is 7.37. The van der Waals surface area contributed by atoms with Gasteiger partial charge in [0.1, 0.15) is 0 Å². The number of carbonyl (C=O) groups is 2. The van der Waals surface area contributed by atoms with Gasteiger partial charge in [-0.3, -0.25) is 9.59 Å². The fraction of sp³-hybridized carbons (Fsp3) is 0.312. The summed E-state index contributed by atoms with van der Waals surface area (Å²) in [6, 6.07) is 7.27. The molecule has 1 aromatic carbocycles. The second-order valence-corrected chi connectivity index (χ2v) is 5.73. The average molecular weight is 334 g/mol. The smallest absolute Gasteiger partial charge is 0.239 e. The van der Waals surface area contributed by atoms with Crippen LogP contribution in [0.3, 0.4) is 0 Å². The predicted octanol–water partition coefficient (Wildman–Crippen LogP) is 1.89. The van der Waals surface area contributed by atoms with E-state index in [1.54, 1.807) is 23.2 Å². The van der Waals surface area contributed by atoms with Crippen LogP contribution in [-0.4, -0.2) is 41.3 Å². The zero-order valence-electron chi connectivity index (χ0n) is 12.4. The molecule has 2 aromatic rings. The molecule has 0 radical (unpaired) electrons. The van der Waals surface area contributed by atoms with E-state index in [4.69, 9.17) is 16.0 Å². The summed E-state index contributed by atoms with van der Waals surface area (Å²) in [6.45, 7) is 1.18. The molecule has 7 heteroatoms. The number of oxazole rings is 1. The number of carbonyl (C=O) groups excluding carboxylic acids is 2. The maximum atomic E-state index is 12.1. The Hall–Kier alpha value is -2.34. The zero-order valence-corrected chi connectivity index (χ0v) is 13.2. The summed E-state index contributed by atoms with van der Waals surface area (Å²) in [5, 5.41) is 3.35. The second-order valence-electron chi connectivity index (χ2n) is 5.29. The summed E-state index contributed by atoms with van der Waals surface area (Å²) < 4.78 is 5.66. The molecule has 23 heavy (non-hydrogen) atoms. The van der Waals surface area contributed by atoms with Crippen molar-refractivity contribution < 1.29 is 14.0 Å². The number of benzene rings is 1. The Balaban J connectivity index is 1.57. The third kappa shape index (κ3) is 3.90. The highest BCUT2D eigenvalue weighted by Crippen LogP contribution is 2.22. The highest BCUT2D eigenvalue weighted by atomic mass is 35.5. The summed E-state index contributed by atoms with van der Waals surface area (Å²) in [5.74, 6) is 0.961. The molecule has 2 amide bonds. The largest absolute Gasteiger partial charge is 0.441 e. The lowest BCUT2D eigenvalue weighted by atomic mass is 10.2. The molecule has 1 fully saturated rings. The summed E-state index contributed by atoms with van der Waals surface area (Å²) in [4.78, 5) is 29.1. The lowest BCUT2D eigenvalue weighted by Crippen LogP contribution is -2.50. The predicted molar refractivity (Wildman–Crippen MR) is 84.9 cm³/mol. The summed E-state index contributed by atoms with van der Waals surface area (Å²) in [6.07, 6.45) is 2.32. The molecule has 0 atom stereocenters. The van der Waals surface area contributed by atoms with Gasteiger partial charge in [-0.15, -0.1) is 0 Å². The molecule has 0 bridgehead atoms. The van der Waals surface area contributed by atoms with Gasteiger partial charge in [0.05, 0.1) is 12.7 Å². The number of amides is 2. The number of rotatable bonds is 4. The van der Waals surface area contributed by atoms with Gasteiger partial charge < -0.3 is 14.6 Å². The van der Waals surface area contributed by atoms with Gasteiger partial charge in [-0.25, -0.2) is 4.98 Å². The number of aromatic nitrogens is 1. The maximum Gasteiger partial charge on any atom is 0.239 e. The molecule has 1 N–H and O–H groups in total. The molecule has 0 spiro atoms. The molecule has 1 aliphatic rings. The van der Waals surface area contributed by atoms with Crippen LogP contribution in [-0.2, 0) is 16.0 Å². The van der Waals surface area contributed by atoms with E-state index in [1.807, 2.05) is 12.1 Å². The normalized spacial score (nSPS) is 14.7. The molecular formula is C16H16ClN3O3. The summed E-state index contributed by atoms with van der Waals surface area (Å²) in [7, 11) is 0. The number of hydrogen-bond donors (Lipinski definition) is 1. The highest BCUT2D eigenvalue weighted by molar-refractivity contribution is 6.30. The first-order chi connectivity index (χ1) is 11.1. The Morgan fingerprint density at radius 1 is 1.35 bits per heavy atom. The average Bonchev–Trinajstić information content (AvgIpc) is 3.02. The highest BCUT2D eigenvalue weighted by Gasteiger charge is 2.21. The van der Waals surface area contributed by atoms with E-state index in [0.29, 0.717) is 36.2 Å². The van der Waals surface area contributed by atoms with Gasteiger partial charge in [-0.1, -0.05) is 11.6 Å². The number of hydrogen-bond acceptors (Lipinski definition) is 4. The van der Waals surface area contributed by atoms with Crippen LogP contribution in [0.5, 0.6) is 0 Å². The first-order valence-corrected chi connectivity index (χ1v) is 7.75. The number of aryl methyl sites for hydroxylation is 1. The zero-order chi connectivity index (χ0) is 16.2. The van der Waals surface area contributed by atoms with Crippen LogP contribution in [0.15, 0.2) is 34.9 Å². The van der Waals surface area contributed by atoms with Crippen LogP contribution in [0.4, 0.5) is 0 Å². The van der Waals surface area contributed by atoms with Crippen LogP contribution in [0, 0.1) is 0 Å². The third-order valence-corrected chi connectivity index (χ3v) is 3.88. The van der Waals surface area contributed by atoms with Crippen molar-refractivity contribution >= 4 is 23.4 Å². The Labute approximate surface area is 138 Å². The number of piperazine rings is 1. The molecular weight excluding hydrogens is 318 g/mol. The van der Waals surface area contributed by atoms with E-state index in [-0.39, 0.29) is 24.8 Å². The molecule has 0 unspecified atom stereocenters. The van der Waals surface area contributed by atoms with Crippen LogP contribution in [0.25, 0.3) is 11.3 Å². The first kappa shape index (κ1) is 15.6. The van der Waals surface area contributed by atoms with Crippen LogP contribution in [0.1, 0.15) is 12.3 Å². The molecule has 3 rings (SSSR count). The van der Waals surface area contributed by atoms with Crippen molar-refractivity contribution in [1.82, 2.24) is 15.2 Å². The van der Waals surface area contributed by atoms with Crippen LogP contribution in [0.2, 0.25) is 5.02 Å². The molecule has 6 nitrogen and oxygen atoms in total. The molecule has 0 aliphatic carbocycles. The number of nitrogens with one attached hydrogen (secondary N) is 1. The molecule has 0 saturated carbocycles. The molecule has 1 saturated heterocycles. The Morgan fingerprint density at radius 3 is 2.87 bits per heavy atom. The van der Waals surface area contributed by atoms with Gasteiger partial charge in [0.2, 0.25) is 11.8 Å². The SMILES string of the molecule is O=C1CN(C(=O)CCc2ncc(-c3ccc(Cl)cc3)o2)CCN1. The van der Waals surface area contributed by atoms with E-state index in [0.717, 1.165) is 5.56 Å². The lowest BCUT2D eigenvalue weighted by Gasteiger charge is -2.26. The van der Waals surface area contributed by atoms with E-state index in [2.05, 4.69) is 10.3 Å². The van der Waals surface area contributed by atoms with Crippen molar-refractivity contribution in [3.05, 3.63) is 41.4 Å². The van der Waals surface area contributed by atoms with Crippen LogP contribution >= 0.6 is 11.6 Å². The second kappa shape index (κ2) is 6.83. The summed E-state index contributed by atoms with van der Waals surface area (Å²) >= 11 is 5.86. The van der Waals surface area contributed by atoms with Crippen molar-refractivity contribution in [3.8, 4) is 11.3 Å². The quantitative estimate of drug-likeness (QED) is 0.927. The number of nitrogens with zero attached hydrogens (tertiary/aromatic N) is 2. The van der Waals surface area contributed by atoms with Gasteiger partial charge in [0, 0.05) is 36.5 Å². The molecule has 120 valence electrons. The van der Waals surface area contributed by atoms with Crippen molar-refractivity contribution in [2.45, 2.75) is 12.8 Å². The summed E-state index contributed by atoms with van der Waals surface area (Å²) in [5.41, 5.74) is 0.882. The van der Waals surface area contributed by atoms with Crippen molar-refractivity contribution in [2.24, 2.45) is 0 Å². The van der Waals surface area contributed by atoms with Crippen molar-refractivity contribution in [2.75, 3.05) is 19.6 Å². The van der Waals surface area contributed by atoms with E-state index in [9.17, 15) is 9.59 Å². The fourth-order valence-corrected chi connectivity index (χ4v) is 2.52. The molecule has 1 aromatic heterocycles. The monoisotopic (exact) mass is 333 g/mol. The van der Waals surface area contributed by atoms with Gasteiger partial charge in [0.15, 0.2) is 11.7 Å². The number of halogens is 1. The van der Waals surface area contributed by atoms with Gasteiger partial charge in [0.25, 0.3) is 0 Å². The van der Waals surface area contributed by atoms with Crippen molar-refractivity contribution in [1.29, 1.82) is 0 Å². The molecule has 2 heterocycles. The third-order valence-electron chi connectivity index (χ3n) is 3.63. The Kier molecular flexibility index (Phi) is 4.62. The Morgan fingerprint density at radius 2 is 2.13 bits per heavy atom. The van der Waals surface area contributed by atoms with Crippen LogP contribution < -0.4 is 5.32 Å². The minimum atomic E-state index is -0.120. The standard InChI is InChI=1S/C16H16ClN3O3/c17-12-3-1-11(2-4-12)13-9-19-15(23-13)5-6-16(22)20-8-7-18-14(21)10-20/h1-4,9H,5-8,10H2,(H,18,21). The van der Waals surface area contributed by atoms with E-state index < -0.39 is 0 Å². The van der Waals surface area contributed by atoms with Crippen molar-refractivity contribution in [3.63, 3.8) is 0 Å². The topological polar surface area (TPSA) is 75.4 Å². The maximum absolute atomic E-state index is 12.1. The Bertz CT molecular complexity index is 712. The molecule has 1 aliphatic heterocycles. The van der Waals surface area contributed by atoms with E-state index in [1.165, 1.54) is 0 Å². The minimum absolute atomic E-state index is 0.0638. The van der Waals surface area contributed by atoms with Gasteiger partial charge >= 0.3 is 0 Å². The van der Waals surface area contributed by atoms with Gasteiger partial charge in [-0.05, 0) is 24.3 Å². The fourth-order valence-electron chi connectivity index (χ4n) is 2.40. The lowest BCUT2D eigenvalue weighted by molar-refractivity contribution is -0.138. The van der Waals surface area contributed by atoms with E-state index >= 15 is 0 Å². The minimum Gasteiger partial charge on any atom is -0.441 e.